The summed E-state index contributed by atoms with van der Waals surface area (Å²) in [6.45, 7) is 2.21. The highest BCUT2D eigenvalue weighted by Crippen LogP contribution is 2.28. The maximum absolute atomic E-state index is 5.36. The minimum absolute atomic E-state index is 0.0426. The third-order valence-electron chi connectivity index (χ3n) is 2.72. The lowest BCUT2D eigenvalue weighted by Gasteiger charge is -2.34. The van der Waals surface area contributed by atoms with Gasteiger partial charge in [0.25, 0.3) is 0 Å². The first-order chi connectivity index (χ1) is 5.33. The van der Waals surface area contributed by atoms with Gasteiger partial charge in [-0.15, -0.1) is 0 Å². The van der Waals surface area contributed by atoms with Gasteiger partial charge < -0.3 is 4.84 Å². The van der Waals surface area contributed by atoms with Gasteiger partial charge in [0.15, 0.2) is 0 Å². The molecule has 0 spiro atoms. The van der Waals surface area contributed by atoms with Crippen LogP contribution in [0.15, 0.2) is 0 Å². The fourth-order valence-corrected chi connectivity index (χ4v) is 4.55. The van der Waals surface area contributed by atoms with Gasteiger partial charge >= 0.3 is 0 Å². The van der Waals surface area contributed by atoms with Gasteiger partial charge in [0.2, 0.25) is 0 Å². The molecule has 1 rings (SSSR count). The van der Waals surface area contributed by atoms with Crippen LogP contribution >= 0.6 is 0 Å². The number of rotatable bonds is 3. The van der Waals surface area contributed by atoms with E-state index in [2.05, 4.69) is 6.92 Å². The van der Waals surface area contributed by atoms with E-state index >= 15 is 0 Å². The summed E-state index contributed by atoms with van der Waals surface area (Å²) in [7, 11) is -0.0426. The molecule has 1 fully saturated rings. The number of nitrogens with two attached hydrogens (primary N) is 1. The molecule has 0 aromatic rings. The third-order valence-corrected chi connectivity index (χ3v) is 5.36. The van der Waals surface area contributed by atoms with E-state index in [9.17, 15) is 0 Å². The largest absolute Gasteiger partial charge is 0.302 e. The first kappa shape index (κ1) is 9.23. The maximum atomic E-state index is 5.36. The molecule has 2 N–H and O–H groups in total. The van der Waals surface area contributed by atoms with Crippen LogP contribution in [-0.4, -0.2) is 14.7 Å². The summed E-state index contributed by atoms with van der Waals surface area (Å²) in [4.78, 5) is 5.18. The second-order valence-electron chi connectivity index (χ2n) is 3.61. The molecule has 0 aliphatic carbocycles. The normalized spacial score (nSPS) is 34.4. The lowest BCUT2D eigenvalue weighted by Crippen LogP contribution is -2.43. The van der Waals surface area contributed by atoms with Crippen molar-refractivity contribution in [3.63, 3.8) is 0 Å². The van der Waals surface area contributed by atoms with Crippen LogP contribution in [0.2, 0.25) is 6.04 Å². The van der Waals surface area contributed by atoms with Gasteiger partial charge in [-0.2, -0.15) is 0 Å². The molecule has 1 heterocycles. The van der Waals surface area contributed by atoms with Gasteiger partial charge in [0, 0.05) is 0 Å². The topological polar surface area (TPSA) is 35.2 Å². The van der Waals surface area contributed by atoms with Crippen LogP contribution in [0.3, 0.4) is 0 Å². The zero-order valence-electron chi connectivity index (χ0n) is 7.44. The first-order valence-electron chi connectivity index (χ1n) is 4.71. The molecule has 0 saturated carbocycles. The van der Waals surface area contributed by atoms with E-state index in [-0.39, 0.29) is 14.7 Å². The van der Waals surface area contributed by atoms with Crippen LogP contribution in [0, 0.1) is 0 Å². The van der Waals surface area contributed by atoms with E-state index in [0.717, 1.165) is 0 Å². The van der Waals surface area contributed by atoms with Crippen LogP contribution in [-0.2, 0) is 4.84 Å². The highest BCUT2D eigenvalue weighted by molar-refractivity contribution is 6.39. The van der Waals surface area contributed by atoms with Crippen molar-refractivity contribution in [3.8, 4) is 0 Å². The third kappa shape index (κ3) is 2.29. The summed E-state index contributed by atoms with van der Waals surface area (Å²) in [5.41, 5.74) is 0. The molecule has 1 unspecified atom stereocenters. The van der Waals surface area contributed by atoms with Crippen molar-refractivity contribution in [2.45, 2.75) is 50.3 Å². The Morgan fingerprint density at radius 1 is 1.55 bits per heavy atom. The number of hydrogen-bond donors (Lipinski definition) is 1. The monoisotopic (exact) mass is 173 g/mol. The van der Waals surface area contributed by atoms with E-state index in [1.165, 1.54) is 38.1 Å². The van der Waals surface area contributed by atoms with Gasteiger partial charge in [-0.05, 0) is 12.8 Å². The van der Waals surface area contributed by atoms with Crippen molar-refractivity contribution < 1.29 is 4.84 Å². The van der Waals surface area contributed by atoms with Crippen molar-refractivity contribution in [1.29, 1.82) is 0 Å². The minimum Gasteiger partial charge on any atom is -0.302 e. The van der Waals surface area contributed by atoms with Crippen molar-refractivity contribution in [1.82, 2.24) is 0 Å². The van der Waals surface area contributed by atoms with E-state index in [1.54, 1.807) is 0 Å². The Hall–Kier alpha value is 0.137. The second kappa shape index (κ2) is 4.23. The fraction of sp³-hybridized carbons (Fsp3) is 1.00. The Labute approximate surface area is 71.3 Å². The van der Waals surface area contributed by atoms with E-state index in [1.807, 2.05) is 0 Å². The molecular formula is C8H19NOSi. The average Bonchev–Trinajstić information content (AvgIpc) is 2.07. The van der Waals surface area contributed by atoms with E-state index < -0.39 is 0 Å². The molecule has 66 valence electrons. The molecule has 1 aliphatic rings. The lowest BCUT2D eigenvalue weighted by atomic mass is 10.1. The standard InChI is InChI=1S/C8H19NOSi/c1-2-5-8(10-9)6-3-4-7-11-8/h2-7,9,11H2,1H3. The molecular weight excluding hydrogens is 154 g/mol. The quantitative estimate of drug-likeness (QED) is 0.513. The van der Waals surface area contributed by atoms with Gasteiger partial charge in [-0.1, -0.05) is 32.2 Å². The summed E-state index contributed by atoms with van der Waals surface area (Å²) < 4.78 is 0. The van der Waals surface area contributed by atoms with E-state index in [4.69, 9.17) is 10.7 Å². The molecule has 3 heteroatoms. The predicted molar refractivity (Wildman–Crippen MR) is 50.1 cm³/mol. The van der Waals surface area contributed by atoms with Gasteiger partial charge in [-0.25, -0.2) is 5.90 Å². The van der Waals surface area contributed by atoms with Crippen molar-refractivity contribution in [2.24, 2.45) is 5.90 Å². The Kier molecular flexibility index (Phi) is 3.55. The molecule has 2 nitrogen and oxygen atoms in total. The highest BCUT2D eigenvalue weighted by atomic mass is 28.2. The first-order valence-corrected chi connectivity index (χ1v) is 6.41. The maximum Gasteiger partial charge on any atom is 0.0726 e. The van der Waals surface area contributed by atoms with Crippen molar-refractivity contribution in [3.05, 3.63) is 0 Å². The summed E-state index contributed by atoms with van der Waals surface area (Å²) in [5, 5.41) is 0.188. The molecule has 0 aromatic carbocycles. The smallest absolute Gasteiger partial charge is 0.0726 e. The average molecular weight is 173 g/mol. The molecule has 1 aliphatic heterocycles. The van der Waals surface area contributed by atoms with Crippen LogP contribution in [0.5, 0.6) is 0 Å². The molecule has 0 aromatic heterocycles. The summed E-state index contributed by atoms with van der Waals surface area (Å²) >= 11 is 0. The molecule has 0 bridgehead atoms. The fourth-order valence-electron chi connectivity index (χ4n) is 2.08. The molecule has 0 radical (unpaired) electrons. The summed E-state index contributed by atoms with van der Waals surface area (Å²) in [6, 6.07) is 1.43. The van der Waals surface area contributed by atoms with Crippen molar-refractivity contribution >= 4 is 9.52 Å². The Morgan fingerprint density at radius 3 is 2.82 bits per heavy atom. The van der Waals surface area contributed by atoms with Gasteiger partial charge in [0.05, 0.1) is 14.7 Å². The van der Waals surface area contributed by atoms with Gasteiger partial charge in [-0.3, -0.25) is 0 Å². The molecule has 1 atom stereocenters. The number of hydrogen-bond acceptors (Lipinski definition) is 2. The SMILES string of the molecule is CCCC1(ON)CCCC[SiH2]1. The van der Waals surface area contributed by atoms with Crippen molar-refractivity contribution in [2.75, 3.05) is 0 Å². The van der Waals surface area contributed by atoms with E-state index in [0.29, 0.717) is 0 Å². The Balaban J connectivity index is 2.42. The summed E-state index contributed by atoms with van der Waals surface area (Å²) in [5.74, 6) is 5.36. The molecule has 1 saturated heterocycles. The highest BCUT2D eigenvalue weighted by Gasteiger charge is 2.31. The predicted octanol–water partition coefficient (Wildman–Crippen LogP) is 1.14. The zero-order valence-corrected chi connectivity index (χ0v) is 8.85. The second-order valence-corrected chi connectivity index (χ2v) is 6.11. The Morgan fingerprint density at radius 2 is 2.36 bits per heavy atom. The van der Waals surface area contributed by atoms with Crippen LogP contribution < -0.4 is 5.90 Å². The lowest BCUT2D eigenvalue weighted by molar-refractivity contribution is -0.00343. The van der Waals surface area contributed by atoms with Crippen LogP contribution in [0.4, 0.5) is 0 Å². The zero-order chi connectivity index (χ0) is 8.16. The Bertz CT molecular complexity index is 107. The summed E-state index contributed by atoms with van der Waals surface area (Å²) in [6.07, 6.45) is 6.37. The van der Waals surface area contributed by atoms with Crippen LogP contribution in [0.25, 0.3) is 0 Å². The van der Waals surface area contributed by atoms with Crippen LogP contribution in [0.1, 0.15) is 39.0 Å². The minimum atomic E-state index is -0.0426. The molecule has 0 amide bonds. The molecule has 11 heavy (non-hydrogen) atoms. The van der Waals surface area contributed by atoms with Gasteiger partial charge in [0.1, 0.15) is 0 Å².